The van der Waals surface area contributed by atoms with E-state index in [1.54, 1.807) is 0 Å². The lowest BCUT2D eigenvalue weighted by molar-refractivity contribution is -0.167. The third-order valence-electron chi connectivity index (χ3n) is 15.2. The predicted octanol–water partition coefficient (Wildman–Crippen LogP) is 23.7. The van der Waals surface area contributed by atoms with Crippen LogP contribution in [0.2, 0.25) is 0 Å². The first kappa shape index (κ1) is 75.8. The van der Waals surface area contributed by atoms with Crippen LogP contribution in [0.3, 0.4) is 0 Å². The Hall–Kier alpha value is -3.15. The van der Waals surface area contributed by atoms with Gasteiger partial charge in [-0.25, -0.2) is 0 Å². The Balaban J connectivity index is 4.18. The van der Waals surface area contributed by atoms with Crippen molar-refractivity contribution in [1.82, 2.24) is 0 Å². The summed E-state index contributed by atoms with van der Waals surface area (Å²) in [5, 5.41) is 0. The van der Waals surface area contributed by atoms with Crippen LogP contribution in [0.5, 0.6) is 0 Å². The van der Waals surface area contributed by atoms with Gasteiger partial charge in [0.05, 0.1) is 0 Å². The van der Waals surface area contributed by atoms with Gasteiger partial charge in [0.2, 0.25) is 0 Å². The molecule has 6 nitrogen and oxygen atoms in total. The summed E-state index contributed by atoms with van der Waals surface area (Å²) in [7, 11) is 0. The number of allylic oxidation sites excluding steroid dienone is 12. The van der Waals surface area contributed by atoms with Crippen molar-refractivity contribution in [3.05, 3.63) is 72.9 Å². The number of esters is 3. The Morgan fingerprint density at radius 2 is 0.519 bits per heavy atom. The van der Waals surface area contributed by atoms with Crippen LogP contribution in [-0.4, -0.2) is 37.2 Å². The van der Waals surface area contributed by atoms with Crippen LogP contribution in [0.4, 0.5) is 0 Å². The number of hydrogen-bond acceptors (Lipinski definition) is 6. The molecular weight excluding hydrogens is 973 g/mol. The van der Waals surface area contributed by atoms with Crippen LogP contribution < -0.4 is 0 Å². The Morgan fingerprint density at radius 3 is 0.835 bits per heavy atom. The van der Waals surface area contributed by atoms with Crippen molar-refractivity contribution < 1.29 is 28.6 Å². The maximum atomic E-state index is 12.9. The summed E-state index contributed by atoms with van der Waals surface area (Å²) >= 11 is 0. The molecule has 0 aliphatic rings. The summed E-state index contributed by atoms with van der Waals surface area (Å²) in [6.45, 7) is 6.51. The second kappa shape index (κ2) is 67.4. The third-order valence-corrected chi connectivity index (χ3v) is 15.2. The number of carbonyl (C=O) groups excluding carboxylic acids is 3. The van der Waals surface area contributed by atoms with Crippen LogP contribution in [-0.2, 0) is 28.6 Å². The molecule has 1 atom stereocenters. The quantitative estimate of drug-likeness (QED) is 0.0261. The summed E-state index contributed by atoms with van der Waals surface area (Å²) in [5.41, 5.74) is 0. The van der Waals surface area contributed by atoms with Gasteiger partial charge in [-0.1, -0.05) is 325 Å². The molecule has 1 unspecified atom stereocenters. The molecule has 0 radical (unpaired) electrons. The molecule has 0 fully saturated rings. The van der Waals surface area contributed by atoms with E-state index in [-0.39, 0.29) is 31.1 Å². The molecule has 0 amide bonds. The minimum atomic E-state index is -0.778. The molecule has 458 valence electrons. The van der Waals surface area contributed by atoms with Gasteiger partial charge in [-0.3, -0.25) is 14.4 Å². The van der Waals surface area contributed by atoms with Crippen molar-refractivity contribution in [3.63, 3.8) is 0 Å². The van der Waals surface area contributed by atoms with Crippen LogP contribution >= 0.6 is 0 Å². The Bertz CT molecular complexity index is 1450. The van der Waals surface area contributed by atoms with Gasteiger partial charge in [0.15, 0.2) is 6.10 Å². The molecule has 0 aromatic heterocycles. The normalized spacial score (nSPS) is 12.5. The lowest BCUT2D eigenvalue weighted by atomic mass is 10.0. The SMILES string of the molecule is CC/C=C\C/C=C\C/C=C\C/C=C\C/C=C\CCCCCCCCCCCCCC(=O)OCC(COC(=O)CCCCCCC/C=C\CCC)OC(=O)CCCCCCCCCCCCCCCCCCCCCCCCCC. The monoisotopic (exact) mass is 1100 g/mol. The summed E-state index contributed by atoms with van der Waals surface area (Å²) in [6.07, 6.45) is 88.0. The molecule has 6 heteroatoms. The molecule has 0 heterocycles. The number of rotatable bonds is 63. The fraction of sp³-hybridized carbons (Fsp3) is 0.795. The molecule has 0 rings (SSSR count). The Morgan fingerprint density at radius 1 is 0.266 bits per heavy atom. The molecule has 0 N–H and O–H groups in total. The lowest BCUT2D eigenvalue weighted by Crippen LogP contribution is -2.30. The molecule has 0 bridgehead atoms. The fourth-order valence-electron chi connectivity index (χ4n) is 10.1. The fourth-order valence-corrected chi connectivity index (χ4v) is 10.1. The zero-order valence-electron chi connectivity index (χ0n) is 52.6. The highest BCUT2D eigenvalue weighted by Crippen LogP contribution is 2.18. The molecule has 79 heavy (non-hydrogen) atoms. The predicted molar refractivity (Wildman–Crippen MR) is 344 cm³/mol. The van der Waals surface area contributed by atoms with Crippen LogP contribution in [0.25, 0.3) is 0 Å². The van der Waals surface area contributed by atoms with E-state index in [1.807, 2.05) is 0 Å². The summed E-state index contributed by atoms with van der Waals surface area (Å²) < 4.78 is 16.9. The molecule has 0 spiro atoms. The van der Waals surface area contributed by atoms with Crippen LogP contribution in [0, 0.1) is 0 Å². The van der Waals surface area contributed by atoms with Crippen LogP contribution in [0.15, 0.2) is 72.9 Å². The van der Waals surface area contributed by atoms with Crippen molar-refractivity contribution in [2.75, 3.05) is 13.2 Å². The van der Waals surface area contributed by atoms with E-state index in [9.17, 15) is 14.4 Å². The standard InChI is InChI=1S/C73H130O6/c1-4-7-10-13-16-19-22-24-26-28-30-32-34-36-37-38-40-41-43-45-47-49-51-54-57-60-63-66-72(75)78-69-70(68-77-71(74)65-62-59-56-53-21-18-15-12-9-6-3)79-73(76)67-64-61-58-55-52-50-48-46-44-42-39-35-33-31-29-27-25-23-20-17-14-11-8-5-2/h7,10,12,15-16,19,24,26,30,32,36-37,70H,4-6,8-9,11,13-14,17-18,20-23,25,27-29,31,33-35,38-69H2,1-3H3/b10-7-,15-12-,19-16-,26-24-,32-30-,37-36-. The van der Waals surface area contributed by atoms with Gasteiger partial charge in [0.1, 0.15) is 13.2 Å². The minimum absolute atomic E-state index is 0.0760. The van der Waals surface area contributed by atoms with Crippen molar-refractivity contribution in [2.45, 2.75) is 361 Å². The summed E-state index contributed by atoms with van der Waals surface area (Å²) in [5.74, 6) is -0.870. The minimum Gasteiger partial charge on any atom is -0.462 e. The van der Waals surface area contributed by atoms with Gasteiger partial charge in [0.25, 0.3) is 0 Å². The number of ether oxygens (including phenoxy) is 3. The number of carbonyl (C=O) groups is 3. The number of hydrogen-bond donors (Lipinski definition) is 0. The largest absolute Gasteiger partial charge is 0.462 e. The topological polar surface area (TPSA) is 78.9 Å². The van der Waals surface area contributed by atoms with E-state index < -0.39 is 6.10 Å². The maximum Gasteiger partial charge on any atom is 0.306 e. The second-order valence-electron chi connectivity index (χ2n) is 23.1. The highest BCUT2D eigenvalue weighted by molar-refractivity contribution is 5.71. The first-order valence-corrected chi connectivity index (χ1v) is 34.4. The Kier molecular flexibility index (Phi) is 64.7. The summed E-state index contributed by atoms with van der Waals surface area (Å²) in [4.78, 5) is 38.3. The zero-order valence-corrected chi connectivity index (χ0v) is 52.6. The zero-order chi connectivity index (χ0) is 57.1. The van der Waals surface area contributed by atoms with Gasteiger partial charge in [0, 0.05) is 19.3 Å². The average Bonchev–Trinajstić information content (AvgIpc) is 3.45. The van der Waals surface area contributed by atoms with E-state index >= 15 is 0 Å². The molecule has 0 aliphatic heterocycles. The van der Waals surface area contributed by atoms with E-state index in [0.717, 1.165) is 103 Å². The van der Waals surface area contributed by atoms with Gasteiger partial charge < -0.3 is 14.2 Å². The van der Waals surface area contributed by atoms with Crippen molar-refractivity contribution >= 4 is 17.9 Å². The van der Waals surface area contributed by atoms with E-state index in [4.69, 9.17) is 14.2 Å². The van der Waals surface area contributed by atoms with Gasteiger partial charge >= 0.3 is 17.9 Å². The highest BCUT2D eigenvalue weighted by Gasteiger charge is 2.19. The van der Waals surface area contributed by atoms with E-state index in [1.165, 1.54) is 212 Å². The second-order valence-corrected chi connectivity index (χ2v) is 23.1. The lowest BCUT2D eigenvalue weighted by Gasteiger charge is -2.18. The molecule has 0 saturated carbocycles. The van der Waals surface area contributed by atoms with Gasteiger partial charge in [-0.05, 0) is 83.5 Å². The molecule has 0 saturated heterocycles. The highest BCUT2D eigenvalue weighted by atomic mass is 16.6. The van der Waals surface area contributed by atoms with E-state index in [0.29, 0.717) is 19.3 Å². The molecule has 0 aromatic rings. The Labute approximate surface area is 491 Å². The van der Waals surface area contributed by atoms with Crippen molar-refractivity contribution in [3.8, 4) is 0 Å². The van der Waals surface area contributed by atoms with Crippen molar-refractivity contribution in [2.24, 2.45) is 0 Å². The van der Waals surface area contributed by atoms with Crippen molar-refractivity contribution in [1.29, 1.82) is 0 Å². The van der Waals surface area contributed by atoms with Gasteiger partial charge in [-0.2, -0.15) is 0 Å². The molecule has 0 aromatic carbocycles. The van der Waals surface area contributed by atoms with Crippen LogP contribution in [0.1, 0.15) is 355 Å². The smallest absolute Gasteiger partial charge is 0.306 e. The number of unbranched alkanes of at least 4 members (excludes halogenated alkanes) is 40. The third kappa shape index (κ3) is 65.5. The summed E-state index contributed by atoms with van der Waals surface area (Å²) in [6, 6.07) is 0. The molecule has 0 aliphatic carbocycles. The van der Waals surface area contributed by atoms with Gasteiger partial charge in [-0.15, -0.1) is 0 Å². The van der Waals surface area contributed by atoms with E-state index in [2.05, 4.69) is 93.7 Å². The first-order chi connectivity index (χ1) is 39.0. The maximum absolute atomic E-state index is 12.9. The average molecular weight is 1100 g/mol. The first-order valence-electron chi connectivity index (χ1n) is 34.4. The molecular formula is C73H130O6.